The molecule has 0 radical (unpaired) electrons. The quantitative estimate of drug-likeness (QED) is 0.0109. The standard InChI is InChI=1S/C32H55NO7.C28H48O4.C8H12.C2H6/c1-5-9-11-13-15-17-19-38-30(35)21-26(22-31(36)39-20-18-16-14-12-10-6-2)23-32(37)40-28-24-27(7-3)33(25-28)29(34)8-4;1-4-7-9-11-13-15-19-31-26(6-3)21-24(22-27(29)25-17-18-25)23-28(30)32-20-16-14-12-10-8-5-2;1-8-6-4-2-3-5-7-8;1-2/h8,26-28H,4-7,9-25H2,1-3H3;24-25H,3-5,7-23H2,1-2H3;8H,2,4,6-7H2,1H3;1-2H3/t27-,28-;;;/m1.../s1. The van der Waals surface area contributed by atoms with Gasteiger partial charge in [-0.05, 0) is 81.6 Å². The summed E-state index contributed by atoms with van der Waals surface area (Å²) in [6.07, 6.45) is 37.5. The van der Waals surface area contributed by atoms with Crippen LogP contribution in [0.5, 0.6) is 0 Å². The maximum Gasteiger partial charge on any atom is 0.306 e. The summed E-state index contributed by atoms with van der Waals surface area (Å²) >= 11 is 0. The van der Waals surface area contributed by atoms with E-state index < -0.39 is 29.9 Å². The maximum absolute atomic E-state index is 12.8. The van der Waals surface area contributed by atoms with Crippen LogP contribution in [-0.2, 0) is 52.5 Å². The topological polar surface area (TPSA) is 152 Å². The fourth-order valence-electron chi connectivity index (χ4n) is 10.1. The van der Waals surface area contributed by atoms with Crippen molar-refractivity contribution < 1.29 is 52.5 Å². The number of carbonyl (C=O) groups excluding carboxylic acids is 6. The Morgan fingerprint density at radius 2 is 0.963 bits per heavy atom. The molecule has 0 aromatic carbocycles. The second-order valence-electron chi connectivity index (χ2n) is 23.0. The molecule has 472 valence electrons. The summed E-state index contributed by atoms with van der Waals surface area (Å²) in [5.41, 5.74) is 2.89. The van der Waals surface area contributed by atoms with Gasteiger partial charge in [0.1, 0.15) is 17.6 Å². The number of ether oxygens (including phenoxy) is 5. The number of hydrogen-bond donors (Lipinski definition) is 0. The first kappa shape index (κ1) is 77.6. The van der Waals surface area contributed by atoms with Crippen LogP contribution in [0.1, 0.15) is 299 Å². The van der Waals surface area contributed by atoms with E-state index in [1.54, 1.807) is 4.90 Å². The van der Waals surface area contributed by atoms with Gasteiger partial charge in [-0.1, -0.05) is 203 Å². The number of Topliss-reactive ketones (excluding diaryl/α,β-unsaturated/α-hetero) is 1. The van der Waals surface area contributed by atoms with Crippen molar-refractivity contribution in [2.45, 2.75) is 312 Å². The number of allylic oxidation sites excluding steroid dienone is 1. The van der Waals surface area contributed by atoms with Gasteiger partial charge in [-0.3, -0.25) is 28.8 Å². The molecule has 0 bridgehead atoms. The lowest BCUT2D eigenvalue weighted by atomic mass is 9.93. The summed E-state index contributed by atoms with van der Waals surface area (Å²) in [5, 5.41) is 0. The first-order chi connectivity index (χ1) is 39.8. The Morgan fingerprint density at radius 1 is 0.549 bits per heavy atom. The average molecular weight is 1150 g/mol. The van der Waals surface area contributed by atoms with E-state index in [-0.39, 0.29) is 61.2 Å². The predicted molar refractivity (Wildman–Crippen MR) is 335 cm³/mol. The van der Waals surface area contributed by atoms with Crippen LogP contribution in [0.25, 0.3) is 0 Å². The third-order valence-electron chi connectivity index (χ3n) is 15.2. The van der Waals surface area contributed by atoms with Gasteiger partial charge in [0.25, 0.3) is 0 Å². The molecule has 0 aromatic rings. The van der Waals surface area contributed by atoms with Gasteiger partial charge in [0.05, 0.1) is 33.0 Å². The smallest absolute Gasteiger partial charge is 0.306 e. The number of amides is 1. The van der Waals surface area contributed by atoms with Gasteiger partial charge in [-0.25, -0.2) is 0 Å². The van der Waals surface area contributed by atoms with E-state index in [0.717, 1.165) is 95.8 Å². The van der Waals surface area contributed by atoms with Crippen molar-refractivity contribution in [3.63, 3.8) is 0 Å². The van der Waals surface area contributed by atoms with Crippen molar-refractivity contribution in [2.24, 2.45) is 23.7 Å². The van der Waals surface area contributed by atoms with Gasteiger partial charge < -0.3 is 28.6 Å². The van der Waals surface area contributed by atoms with Gasteiger partial charge in [-0.2, -0.15) is 0 Å². The molecule has 0 N–H and O–H groups in total. The molecule has 1 saturated heterocycles. The molecule has 4 atom stereocenters. The van der Waals surface area contributed by atoms with Crippen molar-refractivity contribution in [1.82, 2.24) is 4.90 Å². The number of rotatable bonds is 45. The van der Waals surface area contributed by atoms with E-state index >= 15 is 0 Å². The number of hydrogen-bond acceptors (Lipinski definition) is 11. The van der Waals surface area contributed by atoms with E-state index in [1.165, 1.54) is 115 Å². The minimum Gasteiger partial charge on any atom is -0.490 e. The van der Waals surface area contributed by atoms with Gasteiger partial charge in [0.15, 0.2) is 0 Å². The van der Waals surface area contributed by atoms with E-state index in [4.69, 9.17) is 23.7 Å². The van der Waals surface area contributed by atoms with Crippen molar-refractivity contribution in [3.8, 4) is 11.8 Å². The predicted octanol–water partition coefficient (Wildman–Crippen LogP) is 17.6. The highest BCUT2D eigenvalue weighted by Crippen LogP contribution is 2.34. The molecule has 2 unspecified atom stereocenters. The Kier molecular flexibility index (Phi) is 51.7. The first-order valence-electron chi connectivity index (χ1n) is 33.4. The zero-order valence-corrected chi connectivity index (χ0v) is 53.8. The highest BCUT2D eigenvalue weighted by Gasteiger charge is 2.36. The van der Waals surface area contributed by atoms with Crippen LogP contribution in [0.4, 0.5) is 0 Å². The second kappa shape index (κ2) is 54.6. The van der Waals surface area contributed by atoms with E-state index in [1.807, 2.05) is 20.8 Å². The summed E-state index contributed by atoms with van der Waals surface area (Å²) in [6.45, 7) is 26.5. The van der Waals surface area contributed by atoms with Crippen LogP contribution in [-0.4, -0.2) is 85.6 Å². The number of esters is 4. The molecule has 12 nitrogen and oxygen atoms in total. The maximum atomic E-state index is 12.8. The summed E-state index contributed by atoms with van der Waals surface area (Å²) < 4.78 is 27.8. The lowest BCUT2D eigenvalue weighted by Crippen LogP contribution is -2.34. The van der Waals surface area contributed by atoms with E-state index in [9.17, 15) is 28.8 Å². The summed E-state index contributed by atoms with van der Waals surface area (Å²) in [6, 6.07) is -0.00648. The molecule has 0 aromatic heterocycles. The van der Waals surface area contributed by atoms with E-state index in [0.29, 0.717) is 58.0 Å². The summed E-state index contributed by atoms with van der Waals surface area (Å²) in [7, 11) is 0. The molecular formula is C70H121NO11. The van der Waals surface area contributed by atoms with E-state index in [2.05, 4.69) is 65.3 Å². The number of unbranched alkanes of at least 4 members (excludes halogenated alkanes) is 20. The minimum atomic E-state index is -0.559. The largest absolute Gasteiger partial charge is 0.490 e. The molecule has 1 aliphatic heterocycles. The monoisotopic (exact) mass is 1150 g/mol. The molecule has 3 aliphatic rings. The van der Waals surface area contributed by atoms with Crippen LogP contribution in [0.3, 0.4) is 0 Å². The highest BCUT2D eigenvalue weighted by atomic mass is 16.6. The third kappa shape index (κ3) is 44.2. The molecule has 2 aliphatic carbocycles. The first-order valence-corrected chi connectivity index (χ1v) is 33.4. The summed E-state index contributed by atoms with van der Waals surface area (Å²) in [5.74, 6) is 5.95. The molecule has 2 fully saturated rings. The van der Waals surface area contributed by atoms with Gasteiger partial charge >= 0.3 is 23.9 Å². The van der Waals surface area contributed by atoms with Crippen LogP contribution in [0, 0.1) is 35.5 Å². The van der Waals surface area contributed by atoms with Crippen molar-refractivity contribution >= 4 is 35.6 Å². The second-order valence-corrected chi connectivity index (χ2v) is 23.0. The van der Waals surface area contributed by atoms with Crippen LogP contribution in [0.2, 0.25) is 0 Å². The van der Waals surface area contributed by atoms with Crippen molar-refractivity contribution in [1.29, 1.82) is 0 Å². The summed E-state index contributed by atoms with van der Waals surface area (Å²) in [4.78, 5) is 76.5. The average Bonchev–Trinajstić information content (AvgIpc) is 4.31. The molecule has 1 heterocycles. The molecule has 1 saturated carbocycles. The number of nitrogens with zero attached hydrogens (tertiary/aromatic N) is 1. The molecular weight excluding hydrogens is 1030 g/mol. The Morgan fingerprint density at radius 3 is 1.38 bits per heavy atom. The van der Waals surface area contributed by atoms with Crippen LogP contribution >= 0.6 is 0 Å². The SMILES string of the molecule is C=C=C(CC(CC(=O)OCCCCCCCC)CC(=O)C1CC1)OCCCCCCCC.C=CC(=O)N1C[C@H](OC(=O)CC(CC(=O)OCCCCCCCC)CC(=O)OCCCCCCCC)C[C@H]1CC.CC.CC1CC#CCCC1. The molecule has 3 rings (SSSR count). The van der Waals surface area contributed by atoms with Crippen LogP contribution in [0.15, 0.2) is 30.7 Å². The Labute approximate surface area is 501 Å². The number of likely N-dealkylation sites (tertiary alicyclic amines) is 1. The number of ketones is 1. The normalized spacial score (nSPS) is 16.4. The Balaban J connectivity index is 0.00000139. The lowest BCUT2D eigenvalue weighted by Gasteiger charge is -2.21. The third-order valence-corrected chi connectivity index (χ3v) is 15.2. The minimum absolute atomic E-state index is 0.00648. The molecule has 82 heavy (non-hydrogen) atoms. The van der Waals surface area contributed by atoms with Crippen molar-refractivity contribution in [2.75, 3.05) is 33.0 Å². The molecule has 1 amide bonds. The zero-order valence-electron chi connectivity index (χ0n) is 53.8. The van der Waals surface area contributed by atoms with Crippen LogP contribution < -0.4 is 0 Å². The van der Waals surface area contributed by atoms with Gasteiger partial charge in [-0.15, -0.1) is 11.8 Å². The highest BCUT2D eigenvalue weighted by molar-refractivity contribution is 5.87. The zero-order chi connectivity index (χ0) is 60.9. The Hall–Kier alpha value is -4.36. The van der Waals surface area contributed by atoms with Crippen molar-refractivity contribution in [3.05, 3.63) is 30.7 Å². The van der Waals surface area contributed by atoms with Gasteiger partial charge in [0, 0.05) is 69.7 Å². The fourth-order valence-corrected chi connectivity index (χ4v) is 10.1. The van der Waals surface area contributed by atoms with Gasteiger partial charge in [0.2, 0.25) is 5.91 Å². The molecule has 0 spiro atoms. The Bertz CT molecular complexity index is 1760. The number of carbonyl (C=O) groups is 6. The fraction of sp³-hybridized carbons (Fsp3) is 0.814. The molecule has 12 heteroatoms. The lowest BCUT2D eigenvalue weighted by molar-refractivity contribution is -0.153.